The SMILES string of the molecule is CCCCCCOC[C@@H]1[C@H](C/C=C\CCCc2nnn[nH]2)[C@@H]2CC[C@H]1O2. The molecule has 0 spiro atoms. The van der Waals surface area contributed by atoms with Crippen molar-refractivity contribution in [2.24, 2.45) is 11.8 Å². The molecule has 0 radical (unpaired) electrons. The Balaban J connectivity index is 1.33. The number of hydrogen-bond acceptors (Lipinski definition) is 5. The molecule has 4 atom stereocenters. The Labute approximate surface area is 157 Å². The number of unbranched alkanes of at least 4 members (excludes halogenated alkanes) is 4. The van der Waals surface area contributed by atoms with Crippen LogP contribution in [0.4, 0.5) is 0 Å². The summed E-state index contributed by atoms with van der Waals surface area (Å²) in [5, 5.41) is 13.9. The van der Waals surface area contributed by atoms with Gasteiger partial charge in [0.1, 0.15) is 5.82 Å². The minimum atomic E-state index is 0.438. The number of allylic oxidation sites excluding steroid dienone is 2. The summed E-state index contributed by atoms with van der Waals surface area (Å²) >= 11 is 0. The Bertz CT molecular complexity index is 520. The number of aryl methyl sites for hydroxylation is 1. The third kappa shape index (κ3) is 5.61. The van der Waals surface area contributed by atoms with Gasteiger partial charge in [-0.3, -0.25) is 0 Å². The number of aromatic nitrogens is 4. The van der Waals surface area contributed by atoms with E-state index >= 15 is 0 Å². The molecule has 1 aromatic heterocycles. The van der Waals surface area contributed by atoms with Crippen molar-refractivity contribution >= 4 is 0 Å². The molecule has 26 heavy (non-hydrogen) atoms. The highest BCUT2D eigenvalue weighted by Gasteiger charge is 2.48. The number of tetrazole rings is 1. The maximum Gasteiger partial charge on any atom is 0.148 e. The van der Waals surface area contributed by atoms with Gasteiger partial charge in [-0.25, -0.2) is 5.10 Å². The molecule has 2 bridgehead atoms. The number of aromatic amines is 1. The van der Waals surface area contributed by atoms with Crippen LogP contribution in [0.15, 0.2) is 12.2 Å². The van der Waals surface area contributed by atoms with Crippen LogP contribution in [0.3, 0.4) is 0 Å². The zero-order chi connectivity index (χ0) is 18.0. The lowest BCUT2D eigenvalue weighted by atomic mass is 9.78. The number of fused-ring (bicyclic) bond motifs is 2. The topological polar surface area (TPSA) is 72.9 Å². The summed E-state index contributed by atoms with van der Waals surface area (Å²) in [5.74, 6) is 2.10. The van der Waals surface area contributed by atoms with Gasteiger partial charge >= 0.3 is 0 Å². The van der Waals surface area contributed by atoms with Crippen molar-refractivity contribution in [3.8, 4) is 0 Å². The number of hydrogen-bond donors (Lipinski definition) is 1. The number of ether oxygens (including phenoxy) is 2. The molecule has 2 aliphatic heterocycles. The van der Waals surface area contributed by atoms with Crippen molar-refractivity contribution in [2.45, 2.75) is 83.3 Å². The van der Waals surface area contributed by atoms with Crippen molar-refractivity contribution in [1.29, 1.82) is 0 Å². The Morgan fingerprint density at radius 3 is 2.81 bits per heavy atom. The van der Waals surface area contributed by atoms with Crippen LogP contribution in [-0.4, -0.2) is 46.0 Å². The average molecular weight is 363 g/mol. The largest absolute Gasteiger partial charge is 0.381 e. The average Bonchev–Trinajstić information content (AvgIpc) is 3.39. The molecule has 0 aliphatic carbocycles. The highest BCUT2D eigenvalue weighted by atomic mass is 16.5. The Kier molecular flexibility index (Phi) is 8.08. The first-order chi connectivity index (χ1) is 12.9. The van der Waals surface area contributed by atoms with E-state index in [4.69, 9.17) is 9.47 Å². The van der Waals surface area contributed by atoms with E-state index in [0.717, 1.165) is 44.7 Å². The second-order valence-electron chi connectivity index (χ2n) is 7.70. The first-order valence-electron chi connectivity index (χ1n) is 10.5. The number of nitrogens with zero attached hydrogens (tertiary/aromatic N) is 3. The van der Waals surface area contributed by atoms with E-state index < -0.39 is 0 Å². The fourth-order valence-electron chi connectivity index (χ4n) is 4.32. The molecule has 2 aliphatic rings. The molecule has 0 saturated carbocycles. The van der Waals surface area contributed by atoms with E-state index in [1.807, 2.05) is 0 Å². The smallest absolute Gasteiger partial charge is 0.148 e. The van der Waals surface area contributed by atoms with Gasteiger partial charge in [-0.1, -0.05) is 38.3 Å². The standard InChI is InChI=1S/C20H34N4O2/c1-2-3-4-9-14-25-15-17-16(18-12-13-19(17)26-18)10-7-5-6-8-11-20-21-23-24-22-20/h5,7,16-19H,2-4,6,8-15H2,1H3,(H,21,22,23,24)/b7-5-/t16-,17+,18-,19+/m0/s1. The highest BCUT2D eigenvalue weighted by Crippen LogP contribution is 2.45. The van der Waals surface area contributed by atoms with Crippen LogP contribution in [0.5, 0.6) is 0 Å². The van der Waals surface area contributed by atoms with Gasteiger partial charge in [-0.2, -0.15) is 0 Å². The van der Waals surface area contributed by atoms with E-state index in [1.54, 1.807) is 0 Å². The fraction of sp³-hybridized carbons (Fsp3) is 0.850. The van der Waals surface area contributed by atoms with Crippen LogP contribution in [0.2, 0.25) is 0 Å². The summed E-state index contributed by atoms with van der Waals surface area (Å²) < 4.78 is 12.2. The monoisotopic (exact) mass is 362 g/mol. The predicted molar refractivity (Wildman–Crippen MR) is 101 cm³/mol. The van der Waals surface area contributed by atoms with Crippen molar-refractivity contribution in [1.82, 2.24) is 20.6 Å². The van der Waals surface area contributed by atoms with Crippen molar-refractivity contribution in [3.63, 3.8) is 0 Å². The second-order valence-corrected chi connectivity index (χ2v) is 7.70. The Morgan fingerprint density at radius 2 is 2.00 bits per heavy atom. The lowest BCUT2D eigenvalue weighted by Crippen LogP contribution is -2.30. The van der Waals surface area contributed by atoms with E-state index in [0.29, 0.717) is 24.0 Å². The van der Waals surface area contributed by atoms with E-state index in [-0.39, 0.29) is 0 Å². The molecule has 6 nitrogen and oxygen atoms in total. The van der Waals surface area contributed by atoms with Crippen LogP contribution in [0.25, 0.3) is 0 Å². The highest BCUT2D eigenvalue weighted by molar-refractivity contribution is 4.99. The molecule has 6 heteroatoms. The minimum Gasteiger partial charge on any atom is -0.381 e. The molecule has 1 N–H and O–H groups in total. The molecule has 3 rings (SSSR count). The van der Waals surface area contributed by atoms with Crippen LogP contribution in [-0.2, 0) is 15.9 Å². The van der Waals surface area contributed by atoms with Gasteiger partial charge in [0.2, 0.25) is 0 Å². The summed E-state index contributed by atoms with van der Waals surface area (Å²) in [6.07, 6.45) is 17.3. The van der Waals surface area contributed by atoms with E-state index in [9.17, 15) is 0 Å². The Morgan fingerprint density at radius 1 is 1.12 bits per heavy atom. The fourth-order valence-corrected chi connectivity index (χ4v) is 4.32. The summed E-state index contributed by atoms with van der Waals surface area (Å²) in [5.41, 5.74) is 0. The zero-order valence-electron chi connectivity index (χ0n) is 16.1. The van der Waals surface area contributed by atoms with Crippen molar-refractivity contribution < 1.29 is 9.47 Å². The van der Waals surface area contributed by atoms with Gasteiger partial charge in [-0.05, 0) is 54.9 Å². The van der Waals surface area contributed by atoms with Crippen molar-refractivity contribution in [3.05, 3.63) is 18.0 Å². The molecule has 0 unspecified atom stereocenters. The number of rotatable bonds is 13. The third-order valence-electron chi connectivity index (χ3n) is 5.79. The van der Waals surface area contributed by atoms with E-state index in [2.05, 4.69) is 39.7 Å². The van der Waals surface area contributed by atoms with Crippen LogP contribution >= 0.6 is 0 Å². The minimum absolute atomic E-state index is 0.438. The van der Waals surface area contributed by atoms with Crippen LogP contribution in [0.1, 0.15) is 70.5 Å². The van der Waals surface area contributed by atoms with Crippen LogP contribution < -0.4 is 0 Å². The van der Waals surface area contributed by atoms with Gasteiger partial charge in [0.05, 0.1) is 18.8 Å². The van der Waals surface area contributed by atoms with Crippen LogP contribution in [0, 0.1) is 11.8 Å². The van der Waals surface area contributed by atoms with Gasteiger partial charge < -0.3 is 9.47 Å². The van der Waals surface area contributed by atoms with Crippen molar-refractivity contribution in [2.75, 3.05) is 13.2 Å². The normalized spacial score (nSPS) is 27.7. The van der Waals surface area contributed by atoms with E-state index in [1.165, 1.54) is 38.5 Å². The molecule has 0 aromatic carbocycles. The molecule has 2 fully saturated rings. The zero-order valence-corrected chi connectivity index (χ0v) is 16.1. The quantitative estimate of drug-likeness (QED) is 0.426. The maximum absolute atomic E-state index is 6.18. The number of nitrogens with one attached hydrogen (secondary N) is 1. The lowest BCUT2D eigenvalue weighted by Gasteiger charge is -2.27. The molecule has 146 valence electrons. The Hall–Kier alpha value is -1.27. The maximum atomic E-state index is 6.18. The molecular weight excluding hydrogens is 328 g/mol. The summed E-state index contributed by atoms with van der Waals surface area (Å²) in [6, 6.07) is 0. The summed E-state index contributed by atoms with van der Waals surface area (Å²) in [7, 11) is 0. The second kappa shape index (κ2) is 10.8. The molecule has 3 heterocycles. The molecule has 2 saturated heterocycles. The first kappa shape index (κ1) is 19.5. The van der Waals surface area contributed by atoms with Gasteiger partial charge in [-0.15, -0.1) is 5.10 Å². The molecule has 0 amide bonds. The third-order valence-corrected chi connectivity index (χ3v) is 5.79. The predicted octanol–water partition coefficient (Wildman–Crippen LogP) is 3.86. The lowest BCUT2D eigenvalue weighted by molar-refractivity contribution is 0.0478. The van der Waals surface area contributed by atoms with Gasteiger partial charge in [0.25, 0.3) is 0 Å². The molecule has 1 aromatic rings. The summed E-state index contributed by atoms with van der Waals surface area (Å²) in [4.78, 5) is 0. The summed E-state index contributed by atoms with van der Waals surface area (Å²) in [6.45, 7) is 4.04. The number of H-pyrrole nitrogens is 1. The first-order valence-corrected chi connectivity index (χ1v) is 10.5. The van der Waals surface area contributed by atoms with Gasteiger partial charge in [0.15, 0.2) is 0 Å². The molecular formula is C20H34N4O2. The van der Waals surface area contributed by atoms with Gasteiger partial charge in [0, 0.05) is 18.9 Å².